The van der Waals surface area contributed by atoms with Crippen molar-refractivity contribution in [3.8, 4) is 0 Å². The van der Waals surface area contributed by atoms with Gasteiger partial charge in [-0.2, -0.15) is 0 Å². The van der Waals surface area contributed by atoms with Crippen LogP contribution in [0.3, 0.4) is 0 Å². The van der Waals surface area contributed by atoms with Crippen LogP contribution in [0.2, 0.25) is 0 Å². The van der Waals surface area contributed by atoms with E-state index in [1.165, 1.54) is 43.4 Å². The average molecular weight is 318 g/mol. The number of nitrogens with zero attached hydrogens (tertiary/aromatic N) is 1. The van der Waals surface area contributed by atoms with E-state index in [4.69, 9.17) is 0 Å². The van der Waals surface area contributed by atoms with E-state index in [0.717, 1.165) is 30.6 Å². The van der Waals surface area contributed by atoms with Crippen LogP contribution in [0.25, 0.3) is 0 Å². The van der Waals surface area contributed by atoms with Crippen molar-refractivity contribution < 1.29 is 4.79 Å². The largest absolute Gasteiger partial charge is 0.353 e. The quantitative estimate of drug-likeness (QED) is 0.897. The number of hydrogen-bond donors (Lipinski definition) is 1. The van der Waals surface area contributed by atoms with Crippen LogP contribution < -0.4 is 5.32 Å². The number of thiazole rings is 1. The Morgan fingerprint density at radius 3 is 2.50 bits per heavy atom. The van der Waals surface area contributed by atoms with E-state index >= 15 is 0 Å². The maximum Gasteiger partial charge on any atom is 0.220 e. The van der Waals surface area contributed by atoms with E-state index in [1.807, 2.05) is 11.7 Å². The van der Waals surface area contributed by atoms with Gasteiger partial charge in [0, 0.05) is 30.0 Å². The highest BCUT2D eigenvalue weighted by Crippen LogP contribution is 2.61. The molecule has 0 saturated heterocycles. The second kappa shape index (κ2) is 5.63. The Balaban J connectivity index is 1.34. The van der Waals surface area contributed by atoms with Crippen molar-refractivity contribution in [2.45, 2.75) is 64.3 Å². The minimum Gasteiger partial charge on any atom is -0.353 e. The predicted molar refractivity (Wildman–Crippen MR) is 88.6 cm³/mol. The Morgan fingerprint density at radius 2 is 1.95 bits per heavy atom. The van der Waals surface area contributed by atoms with Gasteiger partial charge >= 0.3 is 0 Å². The first-order valence-corrected chi connectivity index (χ1v) is 9.65. The zero-order valence-corrected chi connectivity index (χ0v) is 14.2. The molecule has 1 heterocycles. The first-order valence-electron chi connectivity index (χ1n) is 8.77. The van der Waals surface area contributed by atoms with E-state index in [1.54, 1.807) is 11.3 Å². The lowest BCUT2D eigenvalue weighted by Gasteiger charge is -2.56. The summed E-state index contributed by atoms with van der Waals surface area (Å²) >= 11 is 1.67. The molecule has 1 atom stereocenters. The monoisotopic (exact) mass is 318 g/mol. The summed E-state index contributed by atoms with van der Waals surface area (Å²) in [6, 6.07) is 0.210. The topological polar surface area (TPSA) is 42.0 Å². The van der Waals surface area contributed by atoms with Crippen LogP contribution >= 0.6 is 11.3 Å². The molecule has 4 aliphatic rings. The molecule has 1 aromatic heterocycles. The van der Waals surface area contributed by atoms with Crippen LogP contribution in [-0.4, -0.2) is 16.9 Å². The van der Waals surface area contributed by atoms with Crippen molar-refractivity contribution in [2.24, 2.45) is 23.2 Å². The molecule has 4 fully saturated rings. The molecule has 1 N–H and O–H groups in total. The minimum atomic E-state index is 0.210. The molecule has 1 aromatic rings. The molecule has 120 valence electrons. The molecule has 3 nitrogen and oxygen atoms in total. The molecule has 0 aliphatic heterocycles. The molecule has 4 aliphatic carbocycles. The van der Waals surface area contributed by atoms with Gasteiger partial charge in [0.1, 0.15) is 0 Å². The number of amides is 1. The van der Waals surface area contributed by atoms with Crippen LogP contribution in [0, 0.1) is 23.2 Å². The Labute approximate surface area is 136 Å². The van der Waals surface area contributed by atoms with Gasteiger partial charge in [-0.25, -0.2) is 0 Å². The second-order valence-corrected chi connectivity index (χ2v) is 9.21. The number of carbonyl (C=O) groups is 1. The van der Waals surface area contributed by atoms with Gasteiger partial charge in [0.25, 0.3) is 0 Å². The van der Waals surface area contributed by atoms with Crippen molar-refractivity contribution in [3.05, 3.63) is 16.6 Å². The third-order valence-electron chi connectivity index (χ3n) is 6.10. The molecular weight excluding hydrogens is 292 g/mol. The molecule has 0 radical (unpaired) electrons. The second-order valence-electron chi connectivity index (χ2n) is 8.23. The van der Waals surface area contributed by atoms with E-state index in [9.17, 15) is 4.79 Å². The summed E-state index contributed by atoms with van der Waals surface area (Å²) in [7, 11) is 0. The molecule has 0 spiro atoms. The Kier molecular flexibility index (Phi) is 3.75. The lowest BCUT2D eigenvalue weighted by molar-refractivity contribution is -0.130. The van der Waals surface area contributed by atoms with Crippen LogP contribution in [0.15, 0.2) is 11.7 Å². The molecule has 1 amide bonds. The Morgan fingerprint density at radius 1 is 1.32 bits per heavy atom. The molecule has 4 heteroatoms. The summed E-state index contributed by atoms with van der Waals surface area (Å²) in [4.78, 5) is 17.9. The first-order chi connectivity index (χ1) is 10.6. The third-order valence-corrected chi connectivity index (χ3v) is 6.90. The summed E-state index contributed by atoms with van der Waals surface area (Å²) in [5, 5.41) is 3.23. The van der Waals surface area contributed by atoms with Gasteiger partial charge in [-0.15, -0.1) is 11.3 Å². The van der Waals surface area contributed by atoms with E-state index in [0.29, 0.717) is 5.41 Å². The summed E-state index contributed by atoms with van der Waals surface area (Å²) in [5.74, 6) is 3.05. The number of hydrogen-bond acceptors (Lipinski definition) is 3. The van der Waals surface area contributed by atoms with Crippen molar-refractivity contribution in [1.29, 1.82) is 0 Å². The zero-order chi connectivity index (χ0) is 15.2. The normalized spacial score (nSPS) is 37.2. The van der Waals surface area contributed by atoms with Gasteiger partial charge in [-0.3, -0.25) is 9.78 Å². The highest BCUT2D eigenvalue weighted by molar-refractivity contribution is 7.09. The first kappa shape index (κ1) is 14.7. The third kappa shape index (κ3) is 2.94. The van der Waals surface area contributed by atoms with Crippen molar-refractivity contribution in [1.82, 2.24) is 10.3 Å². The zero-order valence-electron chi connectivity index (χ0n) is 13.4. The Bertz CT molecular complexity index is 504. The lowest BCUT2D eigenvalue weighted by atomic mass is 9.49. The average Bonchev–Trinajstić information content (AvgIpc) is 2.88. The number of aromatic nitrogens is 1. The number of rotatable bonds is 5. The molecule has 4 saturated carbocycles. The summed E-state index contributed by atoms with van der Waals surface area (Å²) in [6.07, 6.45) is 11.9. The van der Waals surface area contributed by atoms with E-state index in [-0.39, 0.29) is 11.9 Å². The van der Waals surface area contributed by atoms with Gasteiger partial charge in [0.05, 0.1) is 5.51 Å². The smallest absolute Gasteiger partial charge is 0.220 e. The molecule has 5 rings (SSSR count). The fourth-order valence-electron chi connectivity index (χ4n) is 5.87. The summed E-state index contributed by atoms with van der Waals surface area (Å²) in [5.41, 5.74) is 2.21. The SMILES string of the molecule is C[C@@H](Cc1cncs1)NC(=O)CC12CC3CC(CC(C3)C1)C2. The Hall–Kier alpha value is -0.900. The number of carbonyl (C=O) groups excluding carboxylic acids is 1. The molecule has 22 heavy (non-hydrogen) atoms. The van der Waals surface area contributed by atoms with Crippen LogP contribution in [-0.2, 0) is 11.2 Å². The molecule has 0 unspecified atom stereocenters. The number of nitrogens with one attached hydrogen (secondary N) is 1. The predicted octanol–water partition coefficient (Wildman–Crippen LogP) is 3.80. The minimum absolute atomic E-state index is 0.210. The maximum absolute atomic E-state index is 12.5. The van der Waals surface area contributed by atoms with Crippen LogP contribution in [0.5, 0.6) is 0 Å². The van der Waals surface area contributed by atoms with E-state index < -0.39 is 0 Å². The van der Waals surface area contributed by atoms with Crippen molar-refractivity contribution in [2.75, 3.05) is 0 Å². The molecule has 4 bridgehead atoms. The van der Waals surface area contributed by atoms with Gasteiger partial charge in [0.15, 0.2) is 0 Å². The highest BCUT2D eigenvalue weighted by atomic mass is 32.1. The van der Waals surface area contributed by atoms with Crippen molar-refractivity contribution >= 4 is 17.2 Å². The summed E-state index contributed by atoms with van der Waals surface area (Å²) in [6.45, 7) is 2.11. The van der Waals surface area contributed by atoms with Gasteiger partial charge in [-0.05, 0) is 68.6 Å². The highest BCUT2D eigenvalue weighted by Gasteiger charge is 2.51. The fourth-order valence-corrected chi connectivity index (χ4v) is 6.59. The van der Waals surface area contributed by atoms with Crippen molar-refractivity contribution in [3.63, 3.8) is 0 Å². The van der Waals surface area contributed by atoms with Gasteiger partial charge in [0.2, 0.25) is 5.91 Å². The lowest BCUT2D eigenvalue weighted by Crippen LogP contribution is -2.48. The van der Waals surface area contributed by atoms with E-state index in [2.05, 4.69) is 17.2 Å². The maximum atomic E-state index is 12.5. The standard InChI is InChI=1S/C18H26N2OS/c1-12(2-16-10-19-11-22-16)20-17(21)9-18-6-13-3-14(7-18)5-15(4-13)8-18/h10-15H,2-9H2,1H3,(H,20,21)/t12-,13?,14?,15?,18?/m0/s1. The summed E-state index contributed by atoms with van der Waals surface area (Å²) < 4.78 is 0. The van der Waals surface area contributed by atoms with Crippen LogP contribution in [0.4, 0.5) is 0 Å². The van der Waals surface area contributed by atoms with Crippen LogP contribution in [0.1, 0.15) is 56.7 Å². The van der Waals surface area contributed by atoms with Gasteiger partial charge < -0.3 is 5.32 Å². The van der Waals surface area contributed by atoms with Gasteiger partial charge in [-0.1, -0.05) is 0 Å². The fraction of sp³-hybridized carbons (Fsp3) is 0.778. The molecule has 0 aromatic carbocycles. The molecular formula is C18H26N2OS.